The molecule has 0 radical (unpaired) electrons. The minimum absolute atomic E-state index is 0.150. The van der Waals surface area contributed by atoms with Crippen molar-refractivity contribution in [2.75, 3.05) is 26.5 Å². The van der Waals surface area contributed by atoms with E-state index in [0.717, 1.165) is 6.26 Å². The molecule has 0 saturated heterocycles. The van der Waals surface area contributed by atoms with Gasteiger partial charge in [-0.05, 0) is 26.0 Å². The Hall–Kier alpha value is -1.60. The van der Waals surface area contributed by atoms with Crippen molar-refractivity contribution in [1.82, 2.24) is 9.62 Å². The van der Waals surface area contributed by atoms with Crippen molar-refractivity contribution in [3.05, 3.63) is 29.8 Å². The Morgan fingerprint density at radius 2 is 1.95 bits per heavy atom. The maximum atomic E-state index is 12.1. The minimum Gasteiger partial charge on any atom is -0.496 e. The third-order valence-corrected chi connectivity index (χ3v) is 4.43. The number of ether oxygens (including phenoxy) is 1. The van der Waals surface area contributed by atoms with Gasteiger partial charge in [-0.1, -0.05) is 12.1 Å². The van der Waals surface area contributed by atoms with E-state index in [1.165, 1.54) is 11.4 Å². The lowest BCUT2D eigenvalue weighted by molar-refractivity contribution is 0.0947. The Labute approximate surface area is 126 Å². The van der Waals surface area contributed by atoms with E-state index < -0.39 is 10.0 Å². The predicted molar refractivity (Wildman–Crippen MR) is 82.0 cm³/mol. The molecule has 0 aliphatic rings. The number of nitrogens with one attached hydrogen (secondary N) is 1. The van der Waals surface area contributed by atoms with E-state index in [2.05, 4.69) is 5.32 Å². The fourth-order valence-corrected chi connectivity index (χ4v) is 3.20. The molecule has 0 atom stereocenters. The first-order chi connectivity index (χ1) is 9.77. The Morgan fingerprint density at radius 1 is 1.33 bits per heavy atom. The molecule has 6 nitrogen and oxygen atoms in total. The maximum absolute atomic E-state index is 12.1. The number of rotatable bonds is 7. The van der Waals surface area contributed by atoms with Crippen molar-refractivity contribution in [2.45, 2.75) is 19.9 Å². The second kappa shape index (κ2) is 7.42. The summed E-state index contributed by atoms with van der Waals surface area (Å²) in [5, 5.41) is 2.71. The van der Waals surface area contributed by atoms with Gasteiger partial charge in [0.15, 0.2) is 0 Å². The first-order valence-corrected chi connectivity index (χ1v) is 8.50. The van der Waals surface area contributed by atoms with Gasteiger partial charge in [-0.2, -0.15) is 4.31 Å². The number of carbonyl (C=O) groups is 1. The number of sulfonamides is 1. The van der Waals surface area contributed by atoms with Crippen LogP contribution in [0.25, 0.3) is 0 Å². The molecule has 0 bridgehead atoms. The largest absolute Gasteiger partial charge is 0.496 e. The SMILES string of the molecule is COc1ccccc1C(=O)NCCN(C(C)C)S(C)(=O)=O. The standard InChI is InChI=1S/C14H22N2O4S/c1-11(2)16(21(4,18)19)10-9-15-14(17)12-7-5-6-8-13(12)20-3/h5-8,11H,9-10H2,1-4H3,(H,15,17). The summed E-state index contributed by atoms with van der Waals surface area (Å²) in [5.74, 6) is 0.198. The molecule has 1 amide bonds. The monoisotopic (exact) mass is 314 g/mol. The van der Waals surface area contributed by atoms with Gasteiger partial charge in [-0.15, -0.1) is 0 Å². The zero-order valence-corrected chi connectivity index (χ0v) is 13.6. The number of hydrogen-bond donors (Lipinski definition) is 1. The number of nitrogens with zero attached hydrogens (tertiary/aromatic N) is 1. The van der Waals surface area contributed by atoms with Crippen LogP contribution >= 0.6 is 0 Å². The lowest BCUT2D eigenvalue weighted by Gasteiger charge is -2.24. The molecule has 1 rings (SSSR count). The Bertz CT molecular complexity index is 584. The van der Waals surface area contributed by atoms with Crippen LogP contribution in [0, 0.1) is 0 Å². The molecule has 1 aromatic rings. The van der Waals surface area contributed by atoms with Crippen LogP contribution in [-0.4, -0.2) is 51.1 Å². The molecule has 0 heterocycles. The maximum Gasteiger partial charge on any atom is 0.255 e. The molecule has 118 valence electrons. The van der Waals surface area contributed by atoms with Gasteiger partial charge in [-0.25, -0.2) is 8.42 Å². The van der Waals surface area contributed by atoms with Gasteiger partial charge in [0.2, 0.25) is 10.0 Å². The van der Waals surface area contributed by atoms with E-state index in [-0.39, 0.29) is 25.0 Å². The summed E-state index contributed by atoms with van der Waals surface area (Å²) in [5.41, 5.74) is 0.426. The average Bonchev–Trinajstić information content (AvgIpc) is 2.41. The van der Waals surface area contributed by atoms with E-state index in [1.807, 2.05) is 0 Å². The van der Waals surface area contributed by atoms with Crippen molar-refractivity contribution >= 4 is 15.9 Å². The van der Waals surface area contributed by atoms with Crippen LogP contribution in [0.3, 0.4) is 0 Å². The topological polar surface area (TPSA) is 75.7 Å². The van der Waals surface area contributed by atoms with Crippen molar-refractivity contribution in [3.8, 4) is 5.75 Å². The molecule has 0 saturated carbocycles. The summed E-state index contributed by atoms with van der Waals surface area (Å²) < 4.78 is 29.7. The van der Waals surface area contributed by atoms with E-state index in [9.17, 15) is 13.2 Å². The van der Waals surface area contributed by atoms with Crippen LogP contribution in [0.5, 0.6) is 5.75 Å². The van der Waals surface area contributed by atoms with Crippen LogP contribution < -0.4 is 10.1 Å². The molecule has 7 heteroatoms. The number of carbonyl (C=O) groups excluding carboxylic acids is 1. The molecule has 1 N–H and O–H groups in total. The minimum atomic E-state index is -3.28. The number of para-hydroxylation sites is 1. The fourth-order valence-electron chi connectivity index (χ4n) is 2.01. The highest BCUT2D eigenvalue weighted by Crippen LogP contribution is 2.16. The zero-order valence-electron chi connectivity index (χ0n) is 12.8. The first kappa shape index (κ1) is 17.5. The summed E-state index contributed by atoms with van der Waals surface area (Å²) in [6, 6.07) is 6.73. The number of hydrogen-bond acceptors (Lipinski definition) is 4. The van der Waals surface area contributed by atoms with Gasteiger partial charge in [-0.3, -0.25) is 4.79 Å². The summed E-state index contributed by atoms with van der Waals surface area (Å²) >= 11 is 0. The number of amides is 1. The van der Waals surface area contributed by atoms with Crippen LogP contribution in [0.4, 0.5) is 0 Å². The lowest BCUT2D eigenvalue weighted by Crippen LogP contribution is -2.41. The Balaban J connectivity index is 2.65. The van der Waals surface area contributed by atoms with Gasteiger partial charge in [0.25, 0.3) is 5.91 Å². The van der Waals surface area contributed by atoms with Crippen molar-refractivity contribution in [1.29, 1.82) is 0 Å². The third kappa shape index (κ3) is 5.02. The molecule has 0 spiro atoms. The van der Waals surface area contributed by atoms with Crippen molar-refractivity contribution < 1.29 is 17.9 Å². The molecule has 21 heavy (non-hydrogen) atoms. The van der Waals surface area contributed by atoms with Gasteiger partial charge >= 0.3 is 0 Å². The third-order valence-electron chi connectivity index (χ3n) is 2.97. The van der Waals surface area contributed by atoms with E-state index >= 15 is 0 Å². The summed E-state index contributed by atoms with van der Waals surface area (Å²) in [6.07, 6.45) is 1.16. The zero-order chi connectivity index (χ0) is 16.0. The van der Waals surface area contributed by atoms with Gasteiger partial charge in [0, 0.05) is 19.1 Å². The van der Waals surface area contributed by atoms with Crippen molar-refractivity contribution in [3.63, 3.8) is 0 Å². The fraction of sp³-hybridized carbons (Fsp3) is 0.500. The van der Waals surface area contributed by atoms with Gasteiger partial charge in [0.05, 0.1) is 18.9 Å². The highest BCUT2D eigenvalue weighted by Gasteiger charge is 2.20. The molecule has 1 aromatic carbocycles. The quantitative estimate of drug-likeness (QED) is 0.817. The lowest BCUT2D eigenvalue weighted by atomic mass is 10.2. The first-order valence-electron chi connectivity index (χ1n) is 6.65. The summed E-state index contributed by atoms with van der Waals surface area (Å²) in [6.45, 7) is 4.06. The highest BCUT2D eigenvalue weighted by molar-refractivity contribution is 7.88. The van der Waals surface area contributed by atoms with Crippen LogP contribution in [0.15, 0.2) is 24.3 Å². The van der Waals surface area contributed by atoms with E-state index in [4.69, 9.17) is 4.74 Å². The molecular weight excluding hydrogens is 292 g/mol. The molecule has 0 aromatic heterocycles. The van der Waals surface area contributed by atoms with Crippen LogP contribution in [0.2, 0.25) is 0 Å². The Morgan fingerprint density at radius 3 is 2.48 bits per heavy atom. The highest BCUT2D eigenvalue weighted by atomic mass is 32.2. The second-order valence-corrected chi connectivity index (χ2v) is 6.86. The summed E-state index contributed by atoms with van der Waals surface area (Å²) in [4.78, 5) is 12.1. The van der Waals surface area contributed by atoms with E-state index in [0.29, 0.717) is 11.3 Å². The summed E-state index contributed by atoms with van der Waals surface area (Å²) in [7, 11) is -1.79. The average molecular weight is 314 g/mol. The molecule has 0 unspecified atom stereocenters. The Kier molecular flexibility index (Phi) is 6.17. The van der Waals surface area contributed by atoms with Gasteiger partial charge in [0.1, 0.15) is 5.75 Å². The number of methoxy groups -OCH3 is 1. The van der Waals surface area contributed by atoms with Gasteiger partial charge < -0.3 is 10.1 Å². The predicted octanol–water partition coefficient (Wildman–Crippen LogP) is 1.09. The molecule has 0 aliphatic heterocycles. The molecule has 0 fully saturated rings. The second-order valence-electron chi connectivity index (χ2n) is 4.92. The van der Waals surface area contributed by atoms with Crippen LogP contribution in [0.1, 0.15) is 24.2 Å². The van der Waals surface area contributed by atoms with Crippen molar-refractivity contribution in [2.24, 2.45) is 0 Å². The number of benzene rings is 1. The molecular formula is C14H22N2O4S. The van der Waals surface area contributed by atoms with Crippen LogP contribution in [-0.2, 0) is 10.0 Å². The normalized spacial score (nSPS) is 11.7. The van der Waals surface area contributed by atoms with E-state index in [1.54, 1.807) is 38.1 Å². The smallest absolute Gasteiger partial charge is 0.255 e. The molecule has 0 aliphatic carbocycles.